The fourth-order valence-electron chi connectivity index (χ4n) is 4.39. The number of aromatic hydroxyl groups is 1. The Morgan fingerprint density at radius 1 is 1.02 bits per heavy atom. The molecule has 2 aromatic rings. The number of phenols is 1. The third kappa shape index (κ3) is 10.1. The number of amides is 3. The number of aromatic nitrogens is 2. The first kappa shape index (κ1) is 30.9. The summed E-state index contributed by atoms with van der Waals surface area (Å²) in [5, 5.41) is 30.3. The Morgan fingerprint density at radius 3 is 2.29 bits per heavy atom. The van der Waals surface area contributed by atoms with Crippen molar-refractivity contribution in [2.24, 2.45) is 16.5 Å². The zero-order chi connectivity index (χ0) is 29.8. The van der Waals surface area contributed by atoms with Crippen LogP contribution in [0.5, 0.6) is 5.75 Å². The number of carbonyl (C=O) groups is 4. The Hall–Kier alpha value is -4.66. The van der Waals surface area contributed by atoms with Crippen molar-refractivity contribution in [1.82, 2.24) is 31.2 Å². The molecule has 11 N–H and O–H groups in total. The van der Waals surface area contributed by atoms with E-state index in [1.54, 1.807) is 12.1 Å². The molecule has 41 heavy (non-hydrogen) atoms. The molecule has 0 bridgehead atoms. The number of imidazole rings is 1. The summed E-state index contributed by atoms with van der Waals surface area (Å²) in [6.07, 6.45) is 4.78. The van der Waals surface area contributed by atoms with Crippen molar-refractivity contribution in [3.05, 3.63) is 48.0 Å². The highest BCUT2D eigenvalue weighted by Gasteiger charge is 2.32. The molecule has 1 aliphatic heterocycles. The number of carboxylic acids is 1. The molecule has 0 saturated carbocycles. The first-order chi connectivity index (χ1) is 19.6. The van der Waals surface area contributed by atoms with Crippen molar-refractivity contribution in [3.8, 4) is 5.75 Å². The van der Waals surface area contributed by atoms with E-state index in [-0.39, 0.29) is 43.4 Å². The number of nitrogens with two attached hydrogens (primary N) is 2. The Morgan fingerprint density at radius 2 is 1.71 bits per heavy atom. The molecule has 15 nitrogen and oxygen atoms in total. The van der Waals surface area contributed by atoms with E-state index >= 15 is 0 Å². The maximum atomic E-state index is 13.5. The predicted molar refractivity (Wildman–Crippen MR) is 148 cm³/mol. The minimum Gasteiger partial charge on any atom is -0.508 e. The molecule has 4 unspecified atom stereocenters. The molecule has 15 heteroatoms. The van der Waals surface area contributed by atoms with Gasteiger partial charge in [-0.3, -0.25) is 19.4 Å². The molecule has 3 rings (SSSR count). The van der Waals surface area contributed by atoms with Gasteiger partial charge < -0.3 is 47.9 Å². The van der Waals surface area contributed by atoms with Crippen LogP contribution in [0, 0.1) is 0 Å². The van der Waals surface area contributed by atoms with Gasteiger partial charge in [0.25, 0.3) is 0 Å². The number of H-pyrrole nitrogens is 1. The van der Waals surface area contributed by atoms with Gasteiger partial charge >= 0.3 is 5.97 Å². The van der Waals surface area contributed by atoms with E-state index < -0.39 is 42.0 Å². The summed E-state index contributed by atoms with van der Waals surface area (Å²) >= 11 is 0. The molecule has 222 valence electrons. The van der Waals surface area contributed by atoms with E-state index in [1.807, 2.05) is 0 Å². The molecular formula is C26H37N9O6. The van der Waals surface area contributed by atoms with Crippen LogP contribution < -0.4 is 32.7 Å². The van der Waals surface area contributed by atoms with E-state index in [9.17, 15) is 29.4 Å². The van der Waals surface area contributed by atoms with Gasteiger partial charge in [0.2, 0.25) is 17.7 Å². The number of carboxylic acid groups (broad SMARTS) is 1. The fraction of sp³-hybridized carbons (Fsp3) is 0.462. The van der Waals surface area contributed by atoms with Gasteiger partial charge in [-0.2, -0.15) is 0 Å². The number of aliphatic carboxylic acids is 1. The predicted octanol–water partition coefficient (Wildman–Crippen LogP) is -1.75. The monoisotopic (exact) mass is 571 g/mol. The van der Waals surface area contributed by atoms with Crippen LogP contribution in [-0.4, -0.2) is 87.1 Å². The summed E-state index contributed by atoms with van der Waals surface area (Å²) in [5.41, 5.74) is 11.8. The van der Waals surface area contributed by atoms with E-state index in [1.165, 1.54) is 24.7 Å². The molecule has 1 aromatic heterocycles. The number of nitrogens with zero attached hydrogens (tertiary/aromatic N) is 2. The maximum Gasteiger partial charge on any atom is 0.326 e. The number of aliphatic imine (C=N–C) groups is 1. The summed E-state index contributed by atoms with van der Waals surface area (Å²) in [7, 11) is 0. The van der Waals surface area contributed by atoms with Crippen LogP contribution >= 0.6 is 0 Å². The third-order valence-electron chi connectivity index (χ3n) is 6.56. The van der Waals surface area contributed by atoms with Crippen LogP contribution in [0.15, 0.2) is 41.8 Å². The zero-order valence-electron chi connectivity index (χ0n) is 22.5. The van der Waals surface area contributed by atoms with Crippen molar-refractivity contribution < 1.29 is 29.4 Å². The molecule has 0 radical (unpaired) electrons. The number of carbonyl (C=O) groups excluding carboxylic acids is 3. The number of rotatable bonds is 15. The molecule has 2 heterocycles. The fourth-order valence-corrected chi connectivity index (χ4v) is 4.39. The maximum absolute atomic E-state index is 13.5. The van der Waals surface area contributed by atoms with Gasteiger partial charge in [0.05, 0.1) is 12.4 Å². The van der Waals surface area contributed by atoms with E-state index in [4.69, 9.17) is 11.5 Å². The van der Waals surface area contributed by atoms with E-state index in [2.05, 4.69) is 36.2 Å². The molecule has 4 atom stereocenters. The lowest BCUT2D eigenvalue weighted by atomic mass is 10.0. The van der Waals surface area contributed by atoms with Gasteiger partial charge in [0, 0.05) is 31.3 Å². The molecular weight excluding hydrogens is 534 g/mol. The highest BCUT2D eigenvalue weighted by molar-refractivity contribution is 5.94. The second-order valence-corrected chi connectivity index (χ2v) is 9.77. The van der Waals surface area contributed by atoms with E-state index in [0.29, 0.717) is 30.6 Å². The Bertz CT molecular complexity index is 1190. The van der Waals surface area contributed by atoms with Gasteiger partial charge in [-0.15, -0.1) is 0 Å². The Kier molecular flexibility index (Phi) is 11.5. The molecule has 0 spiro atoms. The number of nitrogens with one attached hydrogen (secondary N) is 5. The van der Waals surface area contributed by atoms with Gasteiger partial charge in [-0.1, -0.05) is 12.1 Å². The molecule has 1 fully saturated rings. The highest BCUT2D eigenvalue weighted by Crippen LogP contribution is 2.13. The van der Waals surface area contributed by atoms with Crippen LogP contribution in [0.25, 0.3) is 0 Å². The Balaban J connectivity index is 1.76. The quantitative estimate of drug-likeness (QED) is 0.0662. The molecule has 1 aromatic carbocycles. The Labute approximate surface area is 236 Å². The SMILES string of the molecule is NC(N)=NCCCC(NC(=O)C(Cc1cnc[nH]1)NC(=O)C(Cc1ccc(O)cc1)NC(=O)C1CCCN1)C(=O)O. The van der Waals surface area contributed by atoms with Crippen LogP contribution in [0.4, 0.5) is 0 Å². The number of hydrogen-bond acceptors (Lipinski definition) is 8. The highest BCUT2D eigenvalue weighted by atomic mass is 16.4. The van der Waals surface area contributed by atoms with E-state index in [0.717, 1.165) is 6.42 Å². The zero-order valence-corrected chi connectivity index (χ0v) is 22.5. The molecule has 3 amide bonds. The van der Waals surface area contributed by atoms with Gasteiger partial charge in [0.1, 0.15) is 23.9 Å². The van der Waals surface area contributed by atoms with Crippen molar-refractivity contribution in [3.63, 3.8) is 0 Å². The minimum absolute atomic E-state index is 0.0119. The molecule has 0 aliphatic carbocycles. The van der Waals surface area contributed by atoms with Crippen LogP contribution in [0.1, 0.15) is 36.9 Å². The van der Waals surface area contributed by atoms with Gasteiger partial charge in [-0.05, 0) is 49.9 Å². The second-order valence-electron chi connectivity index (χ2n) is 9.77. The number of benzene rings is 1. The average Bonchev–Trinajstić information content (AvgIpc) is 3.65. The van der Waals surface area contributed by atoms with Crippen molar-refractivity contribution in [2.45, 2.75) is 62.7 Å². The summed E-state index contributed by atoms with van der Waals surface area (Å²) in [5.74, 6) is -3.03. The van der Waals surface area contributed by atoms with Crippen LogP contribution in [0.3, 0.4) is 0 Å². The minimum atomic E-state index is -1.25. The molecule has 1 saturated heterocycles. The molecule has 1 aliphatic rings. The topological polar surface area (TPSA) is 250 Å². The lowest BCUT2D eigenvalue weighted by molar-refractivity contribution is -0.142. The summed E-state index contributed by atoms with van der Waals surface area (Å²) in [6.45, 7) is 0.876. The van der Waals surface area contributed by atoms with Crippen molar-refractivity contribution >= 4 is 29.7 Å². The third-order valence-corrected chi connectivity index (χ3v) is 6.56. The normalized spacial score (nSPS) is 16.6. The second kappa shape index (κ2) is 15.2. The largest absolute Gasteiger partial charge is 0.508 e. The van der Waals surface area contributed by atoms with Gasteiger partial charge in [-0.25, -0.2) is 9.78 Å². The van der Waals surface area contributed by atoms with Crippen LogP contribution in [0.2, 0.25) is 0 Å². The van der Waals surface area contributed by atoms with Crippen molar-refractivity contribution in [1.29, 1.82) is 0 Å². The standard InChI is InChI=1S/C26H37N9O6/c27-26(28)31-10-2-4-19(25(40)41)33-24(39)21(12-16-13-29-14-32-16)35-23(38)20(11-15-5-7-17(36)8-6-15)34-22(37)18-3-1-9-30-18/h5-8,13-14,18-21,30,36H,1-4,9-12H2,(H,29,32)(H,33,39)(H,34,37)(H,35,38)(H,40,41)(H4,27,28,31). The first-order valence-electron chi connectivity index (χ1n) is 13.3. The van der Waals surface area contributed by atoms with Crippen LogP contribution in [-0.2, 0) is 32.0 Å². The summed E-state index contributed by atoms with van der Waals surface area (Å²) < 4.78 is 0. The van der Waals surface area contributed by atoms with Gasteiger partial charge in [0.15, 0.2) is 5.96 Å². The average molecular weight is 572 g/mol. The summed E-state index contributed by atoms with van der Waals surface area (Å²) in [6, 6.07) is 2.27. The number of hydrogen-bond donors (Lipinski definition) is 9. The smallest absolute Gasteiger partial charge is 0.326 e. The lowest BCUT2D eigenvalue weighted by Gasteiger charge is -2.25. The van der Waals surface area contributed by atoms with Crippen molar-refractivity contribution in [2.75, 3.05) is 13.1 Å². The number of phenolic OH excluding ortho intramolecular Hbond substituents is 1. The first-order valence-corrected chi connectivity index (χ1v) is 13.3. The summed E-state index contributed by atoms with van der Waals surface area (Å²) in [4.78, 5) is 62.2. The number of guanidine groups is 1. The number of aromatic amines is 1. The lowest BCUT2D eigenvalue weighted by Crippen LogP contribution is -2.58.